The lowest BCUT2D eigenvalue weighted by Crippen LogP contribution is -2.48. The molecule has 2 aliphatic rings. The molecule has 0 radical (unpaired) electrons. The van der Waals surface area contributed by atoms with E-state index in [2.05, 4.69) is 10.2 Å². The molecule has 3 rings (SSSR count). The molecular formula is C18H29N3O3. The summed E-state index contributed by atoms with van der Waals surface area (Å²) in [4.78, 5) is 17.3. The molecule has 1 N–H and O–H groups in total. The van der Waals surface area contributed by atoms with Gasteiger partial charge in [-0.25, -0.2) is 4.79 Å². The summed E-state index contributed by atoms with van der Waals surface area (Å²) < 4.78 is 10.7. The number of urea groups is 1. The number of likely N-dealkylation sites (tertiary alicyclic amines) is 2. The van der Waals surface area contributed by atoms with Crippen molar-refractivity contribution in [3.05, 3.63) is 24.2 Å². The third-order valence-electron chi connectivity index (χ3n) is 5.11. The zero-order valence-corrected chi connectivity index (χ0v) is 14.6. The highest BCUT2D eigenvalue weighted by Gasteiger charge is 2.29. The zero-order chi connectivity index (χ0) is 16.8. The Hall–Kier alpha value is -1.53. The lowest BCUT2D eigenvalue weighted by molar-refractivity contribution is 0.139. The third-order valence-corrected chi connectivity index (χ3v) is 5.11. The molecule has 3 heterocycles. The van der Waals surface area contributed by atoms with Gasteiger partial charge in [-0.05, 0) is 50.9 Å². The molecule has 2 fully saturated rings. The van der Waals surface area contributed by atoms with Crippen molar-refractivity contribution in [2.45, 2.75) is 44.2 Å². The molecule has 2 aliphatic heterocycles. The van der Waals surface area contributed by atoms with Gasteiger partial charge in [-0.2, -0.15) is 0 Å². The van der Waals surface area contributed by atoms with Gasteiger partial charge >= 0.3 is 6.03 Å². The maximum atomic E-state index is 12.8. The predicted molar refractivity (Wildman–Crippen MR) is 91.9 cm³/mol. The number of carbonyl (C=O) groups excluding carboxylic acids is 1. The van der Waals surface area contributed by atoms with Gasteiger partial charge in [0.05, 0.1) is 12.9 Å². The lowest BCUT2D eigenvalue weighted by Gasteiger charge is -2.31. The standard InChI is InChI=1S/C18H29N3O3/c1-23-14-16(17-8-6-12-24-17)19-18(22)21-11-3-2-7-15(13-21)20-9-4-5-10-20/h6,8,12,15-16H,2-5,7,9-11,13-14H2,1H3,(H,19,22)/t15-,16+/m1/s1. The first-order chi connectivity index (χ1) is 11.8. The van der Waals surface area contributed by atoms with Crippen LogP contribution in [0.1, 0.15) is 43.9 Å². The van der Waals surface area contributed by atoms with Crippen LogP contribution in [-0.4, -0.2) is 61.8 Å². The highest BCUT2D eigenvalue weighted by molar-refractivity contribution is 5.74. The van der Waals surface area contributed by atoms with Crippen LogP contribution in [-0.2, 0) is 4.74 Å². The Morgan fingerprint density at radius 3 is 2.83 bits per heavy atom. The normalized spacial score (nSPS) is 23.9. The summed E-state index contributed by atoms with van der Waals surface area (Å²) in [6.45, 7) is 4.41. The number of furan rings is 1. The molecule has 2 amide bonds. The van der Waals surface area contributed by atoms with Crippen molar-refractivity contribution in [1.29, 1.82) is 0 Å². The fourth-order valence-electron chi connectivity index (χ4n) is 3.80. The number of nitrogens with one attached hydrogen (secondary N) is 1. The molecular weight excluding hydrogens is 306 g/mol. The van der Waals surface area contributed by atoms with Crippen LogP contribution in [0.4, 0.5) is 4.79 Å². The number of methoxy groups -OCH3 is 1. The molecule has 1 aromatic rings. The fraction of sp³-hybridized carbons (Fsp3) is 0.722. The summed E-state index contributed by atoms with van der Waals surface area (Å²) in [5.74, 6) is 0.733. The van der Waals surface area contributed by atoms with Crippen LogP contribution in [0.3, 0.4) is 0 Å². The van der Waals surface area contributed by atoms with Gasteiger partial charge in [-0.3, -0.25) is 4.90 Å². The number of ether oxygens (including phenoxy) is 1. The van der Waals surface area contributed by atoms with Crippen molar-refractivity contribution in [1.82, 2.24) is 15.1 Å². The molecule has 2 saturated heterocycles. The first kappa shape index (κ1) is 17.3. The smallest absolute Gasteiger partial charge is 0.318 e. The van der Waals surface area contributed by atoms with E-state index in [0.29, 0.717) is 12.6 Å². The molecule has 2 atom stereocenters. The monoisotopic (exact) mass is 335 g/mol. The second-order valence-corrected chi connectivity index (χ2v) is 6.81. The van der Waals surface area contributed by atoms with E-state index in [0.717, 1.165) is 25.3 Å². The minimum Gasteiger partial charge on any atom is -0.467 e. The van der Waals surface area contributed by atoms with E-state index in [4.69, 9.17) is 9.15 Å². The first-order valence-electron chi connectivity index (χ1n) is 9.10. The summed E-state index contributed by atoms with van der Waals surface area (Å²) in [6, 6.07) is 3.95. The molecule has 24 heavy (non-hydrogen) atoms. The number of hydrogen-bond acceptors (Lipinski definition) is 4. The minimum atomic E-state index is -0.244. The van der Waals surface area contributed by atoms with E-state index in [1.807, 2.05) is 17.0 Å². The topological polar surface area (TPSA) is 58.0 Å². The molecule has 0 aromatic carbocycles. The quantitative estimate of drug-likeness (QED) is 0.899. The van der Waals surface area contributed by atoms with Gasteiger partial charge in [0.15, 0.2) is 0 Å². The Kier molecular flexibility index (Phi) is 6.15. The van der Waals surface area contributed by atoms with Crippen LogP contribution < -0.4 is 5.32 Å². The van der Waals surface area contributed by atoms with E-state index in [9.17, 15) is 4.79 Å². The second kappa shape index (κ2) is 8.53. The van der Waals surface area contributed by atoms with Gasteiger partial charge in [0.2, 0.25) is 0 Å². The predicted octanol–water partition coefficient (Wildman–Crippen LogP) is 2.63. The molecule has 0 unspecified atom stereocenters. The summed E-state index contributed by atoms with van der Waals surface area (Å²) in [7, 11) is 1.64. The molecule has 0 aliphatic carbocycles. The van der Waals surface area contributed by atoms with Gasteiger partial charge < -0.3 is 19.4 Å². The van der Waals surface area contributed by atoms with Crippen LogP contribution in [0.5, 0.6) is 0 Å². The molecule has 0 spiro atoms. The van der Waals surface area contributed by atoms with Crippen LogP contribution >= 0.6 is 0 Å². The van der Waals surface area contributed by atoms with Crippen molar-refractivity contribution in [3.63, 3.8) is 0 Å². The lowest BCUT2D eigenvalue weighted by atomic mass is 10.1. The first-order valence-corrected chi connectivity index (χ1v) is 9.10. The largest absolute Gasteiger partial charge is 0.467 e. The highest BCUT2D eigenvalue weighted by Crippen LogP contribution is 2.21. The number of hydrogen-bond donors (Lipinski definition) is 1. The van der Waals surface area contributed by atoms with Gasteiger partial charge in [-0.1, -0.05) is 6.42 Å². The fourth-order valence-corrected chi connectivity index (χ4v) is 3.80. The maximum Gasteiger partial charge on any atom is 0.318 e. The van der Waals surface area contributed by atoms with Gasteiger partial charge in [0, 0.05) is 26.2 Å². The van der Waals surface area contributed by atoms with E-state index in [1.54, 1.807) is 13.4 Å². The van der Waals surface area contributed by atoms with Crippen molar-refractivity contribution in [2.24, 2.45) is 0 Å². The molecule has 0 bridgehead atoms. The molecule has 6 nitrogen and oxygen atoms in total. The molecule has 134 valence electrons. The van der Waals surface area contributed by atoms with E-state index in [-0.39, 0.29) is 12.1 Å². The molecule has 1 aromatic heterocycles. The second-order valence-electron chi connectivity index (χ2n) is 6.81. The Balaban J connectivity index is 1.61. The van der Waals surface area contributed by atoms with Crippen molar-refractivity contribution >= 4 is 6.03 Å². The van der Waals surface area contributed by atoms with Gasteiger partial charge in [-0.15, -0.1) is 0 Å². The summed E-state index contributed by atoms with van der Waals surface area (Å²) in [5.41, 5.74) is 0. The van der Waals surface area contributed by atoms with Crippen LogP contribution in [0.2, 0.25) is 0 Å². The van der Waals surface area contributed by atoms with E-state index in [1.165, 1.54) is 38.8 Å². The van der Waals surface area contributed by atoms with Crippen LogP contribution in [0.15, 0.2) is 22.8 Å². The average molecular weight is 335 g/mol. The Morgan fingerprint density at radius 1 is 1.33 bits per heavy atom. The summed E-state index contributed by atoms with van der Waals surface area (Å²) in [5, 5.41) is 3.08. The van der Waals surface area contributed by atoms with E-state index < -0.39 is 0 Å². The summed E-state index contributed by atoms with van der Waals surface area (Å²) in [6.07, 6.45) is 7.68. The SMILES string of the molecule is COC[C@H](NC(=O)N1CCCC[C@@H](N2CCCC2)C1)c1ccco1. The third kappa shape index (κ3) is 4.30. The van der Waals surface area contributed by atoms with Crippen LogP contribution in [0, 0.1) is 0 Å². The zero-order valence-electron chi connectivity index (χ0n) is 14.6. The Bertz CT molecular complexity index is 500. The van der Waals surface area contributed by atoms with E-state index >= 15 is 0 Å². The highest BCUT2D eigenvalue weighted by atomic mass is 16.5. The maximum absolute atomic E-state index is 12.8. The van der Waals surface area contributed by atoms with Crippen molar-refractivity contribution in [3.8, 4) is 0 Å². The van der Waals surface area contributed by atoms with Gasteiger partial charge in [0.25, 0.3) is 0 Å². The minimum absolute atomic E-state index is 0.0143. The van der Waals surface area contributed by atoms with Gasteiger partial charge in [0.1, 0.15) is 11.8 Å². The number of carbonyl (C=O) groups is 1. The molecule has 0 saturated carbocycles. The number of amides is 2. The van der Waals surface area contributed by atoms with Crippen LogP contribution in [0.25, 0.3) is 0 Å². The Labute approximate surface area is 144 Å². The number of rotatable bonds is 5. The molecule has 6 heteroatoms. The Morgan fingerprint density at radius 2 is 2.12 bits per heavy atom. The number of nitrogens with zero attached hydrogens (tertiary/aromatic N) is 2. The summed E-state index contributed by atoms with van der Waals surface area (Å²) >= 11 is 0. The van der Waals surface area contributed by atoms with Crippen molar-refractivity contribution in [2.75, 3.05) is 39.9 Å². The van der Waals surface area contributed by atoms with Crippen molar-refractivity contribution < 1.29 is 13.9 Å². The average Bonchev–Trinajstić information content (AvgIpc) is 3.25.